The van der Waals surface area contributed by atoms with Crippen LogP contribution < -0.4 is 0 Å². The van der Waals surface area contributed by atoms with E-state index < -0.39 is 0 Å². The molecule has 0 bridgehead atoms. The monoisotopic (exact) mass is 270 g/mol. The van der Waals surface area contributed by atoms with Crippen LogP contribution in [0.3, 0.4) is 0 Å². The number of nitrogens with zero attached hydrogens (tertiary/aromatic N) is 1. The van der Waals surface area contributed by atoms with Crippen molar-refractivity contribution in [1.29, 1.82) is 0 Å². The van der Waals surface area contributed by atoms with Gasteiger partial charge in [0, 0.05) is 5.56 Å². The third-order valence-corrected chi connectivity index (χ3v) is 3.62. The van der Waals surface area contributed by atoms with Gasteiger partial charge in [-0.15, -0.1) is 0 Å². The summed E-state index contributed by atoms with van der Waals surface area (Å²) in [5.74, 6) is 0. The summed E-state index contributed by atoms with van der Waals surface area (Å²) in [7, 11) is 0. The molecule has 0 N–H and O–H groups in total. The summed E-state index contributed by atoms with van der Waals surface area (Å²) >= 11 is 3.56. The van der Waals surface area contributed by atoms with Crippen LogP contribution in [-0.2, 0) is 6.54 Å². The van der Waals surface area contributed by atoms with E-state index in [1.807, 2.05) is 0 Å². The average molecular weight is 271 g/mol. The molecule has 0 heterocycles. The van der Waals surface area contributed by atoms with Crippen LogP contribution in [-0.4, -0.2) is 29.4 Å². The second-order valence-corrected chi connectivity index (χ2v) is 4.82. The molecular formula is C13H21BrN+. The van der Waals surface area contributed by atoms with E-state index in [0.29, 0.717) is 0 Å². The van der Waals surface area contributed by atoms with Crippen molar-refractivity contribution in [3.05, 3.63) is 35.9 Å². The Morgan fingerprint density at radius 3 is 2.13 bits per heavy atom. The molecule has 2 heteroatoms. The first-order chi connectivity index (χ1) is 7.26. The molecule has 1 nitrogen and oxygen atoms in total. The van der Waals surface area contributed by atoms with E-state index in [1.165, 1.54) is 29.7 Å². The SMILES string of the molecule is CC[N+](CC)(CCBr)Cc1ccccc1. The van der Waals surface area contributed by atoms with Crippen LogP contribution in [0, 0.1) is 0 Å². The quantitative estimate of drug-likeness (QED) is 0.549. The highest BCUT2D eigenvalue weighted by Gasteiger charge is 2.22. The third kappa shape index (κ3) is 3.62. The van der Waals surface area contributed by atoms with Crippen molar-refractivity contribution in [2.45, 2.75) is 20.4 Å². The Kier molecular flexibility index (Phi) is 5.34. The Bertz CT molecular complexity index is 267. The molecule has 84 valence electrons. The number of rotatable bonds is 6. The van der Waals surface area contributed by atoms with Gasteiger partial charge in [-0.1, -0.05) is 46.3 Å². The Morgan fingerprint density at radius 1 is 1.07 bits per heavy atom. The van der Waals surface area contributed by atoms with Crippen molar-refractivity contribution in [2.75, 3.05) is 25.0 Å². The van der Waals surface area contributed by atoms with E-state index in [4.69, 9.17) is 0 Å². The minimum atomic E-state index is 1.08. The average Bonchev–Trinajstić information content (AvgIpc) is 2.30. The summed E-state index contributed by atoms with van der Waals surface area (Å²) in [4.78, 5) is 0. The summed E-state index contributed by atoms with van der Waals surface area (Å²) in [5.41, 5.74) is 1.45. The molecule has 0 aliphatic heterocycles. The normalized spacial score (nSPS) is 11.7. The molecule has 0 unspecified atom stereocenters. The Morgan fingerprint density at radius 2 is 1.67 bits per heavy atom. The predicted molar refractivity (Wildman–Crippen MR) is 70.1 cm³/mol. The lowest BCUT2D eigenvalue weighted by atomic mass is 10.2. The van der Waals surface area contributed by atoms with Crippen molar-refractivity contribution in [1.82, 2.24) is 0 Å². The Labute approximate surface area is 102 Å². The fourth-order valence-corrected chi connectivity index (χ4v) is 2.74. The number of halogens is 1. The second-order valence-electron chi connectivity index (χ2n) is 4.03. The molecule has 0 aromatic heterocycles. The fraction of sp³-hybridized carbons (Fsp3) is 0.538. The summed E-state index contributed by atoms with van der Waals surface area (Å²) < 4.78 is 1.18. The zero-order valence-corrected chi connectivity index (χ0v) is 11.3. The number of hydrogen-bond donors (Lipinski definition) is 0. The predicted octanol–water partition coefficient (Wildman–Crippen LogP) is 3.44. The van der Waals surface area contributed by atoms with Crippen molar-refractivity contribution >= 4 is 15.9 Å². The standard InChI is InChI=1S/C13H21BrN/c1-3-15(4-2,11-10-14)12-13-8-6-5-7-9-13/h5-9H,3-4,10-12H2,1-2H3/q+1. The number of alkyl halides is 1. The van der Waals surface area contributed by atoms with Crippen LogP contribution in [0.25, 0.3) is 0 Å². The third-order valence-electron chi connectivity index (χ3n) is 3.26. The summed E-state index contributed by atoms with van der Waals surface area (Å²) in [5, 5.41) is 1.08. The van der Waals surface area contributed by atoms with E-state index in [1.54, 1.807) is 0 Å². The van der Waals surface area contributed by atoms with Gasteiger partial charge in [0.25, 0.3) is 0 Å². The fourth-order valence-electron chi connectivity index (χ4n) is 1.99. The van der Waals surface area contributed by atoms with Crippen molar-refractivity contribution < 1.29 is 4.48 Å². The summed E-state index contributed by atoms with van der Waals surface area (Å²) in [6.45, 7) is 9.35. The lowest BCUT2D eigenvalue weighted by Gasteiger charge is -2.36. The second kappa shape index (κ2) is 6.29. The first-order valence-corrected chi connectivity index (χ1v) is 6.83. The molecule has 1 aromatic rings. The van der Waals surface area contributed by atoms with Gasteiger partial charge in [0.05, 0.1) is 25.0 Å². The van der Waals surface area contributed by atoms with Crippen LogP contribution in [0.2, 0.25) is 0 Å². The molecule has 0 aliphatic carbocycles. The minimum Gasteiger partial charge on any atom is -0.320 e. The number of benzene rings is 1. The van der Waals surface area contributed by atoms with Gasteiger partial charge in [-0.3, -0.25) is 0 Å². The van der Waals surface area contributed by atoms with Gasteiger partial charge in [-0.05, 0) is 13.8 Å². The van der Waals surface area contributed by atoms with E-state index in [2.05, 4.69) is 60.1 Å². The highest BCUT2D eigenvalue weighted by molar-refractivity contribution is 9.09. The van der Waals surface area contributed by atoms with Gasteiger partial charge in [0.1, 0.15) is 6.54 Å². The van der Waals surface area contributed by atoms with Crippen molar-refractivity contribution in [2.24, 2.45) is 0 Å². The molecule has 1 aromatic carbocycles. The maximum absolute atomic E-state index is 3.56. The van der Waals surface area contributed by atoms with Gasteiger partial charge >= 0.3 is 0 Å². The lowest BCUT2D eigenvalue weighted by Crippen LogP contribution is -2.48. The maximum atomic E-state index is 3.56. The number of hydrogen-bond acceptors (Lipinski definition) is 0. The largest absolute Gasteiger partial charge is 0.320 e. The molecule has 1 rings (SSSR count). The number of quaternary nitrogens is 1. The highest BCUT2D eigenvalue weighted by atomic mass is 79.9. The van der Waals surface area contributed by atoms with Crippen LogP contribution >= 0.6 is 15.9 Å². The zero-order valence-electron chi connectivity index (χ0n) is 9.75. The lowest BCUT2D eigenvalue weighted by molar-refractivity contribution is -0.935. The minimum absolute atomic E-state index is 1.08. The van der Waals surface area contributed by atoms with Crippen LogP contribution in [0.5, 0.6) is 0 Å². The highest BCUT2D eigenvalue weighted by Crippen LogP contribution is 2.14. The Balaban J connectivity index is 2.74. The topological polar surface area (TPSA) is 0 Å². The van der Waals surface area contributed by atoms with Crippen LogP contribution in [0.1, 0.15) is 19.4 Å². The molecule has 0 amide bonds. The molecule has 0 saturated heterocycles. The summed E-state index contributed by atoms with van der Waals surface area (Å²) in [6.07, 6.45) is 0. The van der Waals surface area contributed by atoms with Crippen molar-refractivity contribution in [3.63, 3.8) is 0 Å². The molecule has 0 aliphatic rings. The molecule has 0 atom stereocenters. The van der Waals surface area contributed by atoms with Crippen LogP contribution in [0.15, 0.2) is 30.3 Å². The molecule has 0 fully saturated rings. The first-order valence-electron chi connectivity index (χ1n) is 5.71. The maximum Gasteiger partial charge on any atom is 0.104 e. The summed E-state index contributed by atoms with van der Waals surface area (Å²) in [6, 6.07) is 10.8. The zero-order chi connectivity index (χ0) is 11.1. The van der Waals surface area contributed by atoms with E-state index >= 15 is 0 Å². The molecule has 0 radical (unpaired) electrons. The smallest absolute Gasteiger partial charge is 0.104 e. The molecule has 0 spiro atoms. The first kappa shape index (κ1) is 12.7. The van der Waals surface area contributed by atoms with Gasteiger partial charge in [0.2, 0.25) is 0 Å². The Hall–Kier alpha value is -0.340. The van der Waals surface area contributed by atoms with E-state index in [9.17, 15) is 0 Å². The van der Waals surface area contributed by atoms with E-state index in [0.717, 1.165) is 11.9 Å². The molecule has 0 saturated carbocycles. The van der Waals surface area contributed by atoms with E-state index in [-0.39, 0.29) is 0 Å². The van der Waals surface area contributed by atoms with Gasteiger partial charge in [0.15, 0.2) is 0 Å². The van der Waals surface area contributed by atoms with Gasteiger partial charge < -0.3 is 4.48 Å². The molecule has 15 heavy (non-hydrogen) atoms. The van der Waals surface area contributed by atoms with Crippen LogP contribution in [0.4, 0.5) is 0 Å². The van der Waals surface area contributed by atoms with Crippen molar-refractivity contribution in [3.8, 4) is 0 Å². The molecular weight excluding hydrogens is 250 g/mol. The van der Waals surface area contributed by atoms with Gasteiger partial charge in [-0.2, -0.15) is 0 Å². The van der Waals surface area contributed by atoms with Gasteiger partial charge in [-0.25, -0.2) is 0 Å².